The van der Waals surface area contributed by atoms with Crippen molar-refractivity contribution in [2.45, 2.75) is 32.6 Å². The SMILES string of the molecule is COC(=O)c1sccc1S(=O)(=O)N(CC(=O)Nc1cc(C)cc(C)c1)c1ccc(C)c(C)c1. The molecule has 0 radical (unpaired) electrons. The molecule has 9 heteroatoms. The molecule has 33 heavy (non-hydrogen) atoms. The van der Waals surface area contributed by atoms with E-state index in [1.165, 1.54) is 18.6 Å². The number of amides is 1. The Bertz CT molecular complexity index is 1290. The lowest BCUT2D eigenvalue weighted by Crippen LogP contribution is -2.38. The number of sulfonamides is 1. The first kappa shape index (κ1) is 24.5. The van der Waals surface area contributed by atoms with E-state index >= 15 is 0 Å². The zero-order chi connectivity index (χ0) is 24.3. The summed E-state index contributed by atoms with van der Waals surface area (Å²) in [6.07, 6.45) is 0. The quantitative estimate of drug-likeness (QED) is 0.493. The highest BCUT2D eigenvalue weighted by Gasteiger charge is 2.32. The van der Waals surface area contributed by atoms with E-state index in [0.29, 0.717) is 11.4 Å². The number of carbonyl (C=O) groups is 2. The number of thiophene rings is 1. The van der Waals surface area contributed by atoms with Crippen LogP contribution in [0.1, 0.15) is 31.9 Å². The van der Waals surface area contributed by atoms with Crippen molar-refractivity contribution >= 4 is 44.6 Å². The highest BCUT2D eigenvalue weighted by atomic mass is 32.2. The van der Waals surface area contributed by atoms with Crippen molar-refractivity contribution in [2.24, 2.45) is 0 Å². The van der Waals surface area contributed by atoms with Crippen molar-refractivity contribution < 1.29 is 22.7 Å². The lowest BCUT2D eigenvalue weighted by molar-refractivity contribution is -0.114. The lowest BCUT2D eigenvalue weighted by atomic mass is 10.1. The topological polar surface area (TPSA) is 92.8 Å². The first-order valence-corrected chi connectivity index (χ1v) is 12.5. The molecule has 0 saturated heterocycles. The standard InChI is InChI=1S/C24H26N2O5S2/c1-15-10-16(2)12-19(11-15)25-22(27)14-26(20-7-6-17(3)18(4)13-20)33(29,30)21-8-9-32-23(21)24(28)31-5/h6-13H,14H2,1-5H3,(H,25,27). The van der Waals surface area contributed by atoms with Gasteiger partial charge in [-0.3, -0.25) is 9.10 Å². The summed E-state index contributed by atoms with van der Waals surface area (Å²) in [5, 5.41) is 4.29. The van der Waals surface area contributed by atoms with Crippen LogP contribution >= 0.6 is 11.3 Å². The molecule has 174 valence electrons. The number of rotatable bonds is 7. The number of nitrogens with zero attached hydrogens (tertiary/aromatic N) is 1. The molecule has 3 aromatic rings. The molecule has 0 unspecified atom stereocenters. The molecule has 0 aliphatic heterocycles. The van der Waals surface area contributed by atoms with Crippen molar-refractivity contribution in [3.63, 3.8) is 0 Å². The molecule has 1 amide bonds. The van der Waals surface area contributed by atoms with Gasteiger partial charge in [-0.15, -0.1) is 11.3 Å². The average molecular weight is 487 g/mol. The minimum Gasteiger partial charge on any atom is -0.465 e. The third kappa shape index (κ3) is 5.43. The molecule has 0 atom stereocenters. The van der Waals surface area contributed by atoms with Crippen LogP contribution in [0.5, 0.6) is 0 Å². The molecule has 0 bridgehead atoms. The molecule has 1 N–H and O–H groups in total. The lowest BCUT2D eigenvalue weighted by Gasteiger charge is -2.25. The Morgan fingerprint density at radius 1 is 0.970 bits per heavy atom. The molecule has 0 saturated carbocycles. The zero-order valence-corrected chi connectivity index (χ0v) is 20.8. The van der Waals surface area contributed by atoms with Crippen LogP contribution in [0.15, 0.2) is 52.7 Å². The third-order valence-electron chi connectivity index (χ3n) is 5.14. The van der Waals surface area contributed by atoms with Gasteiger partial charge in [-0.1, -0.05) is 12.1 Å². The van der Waals surface area contributed by atoms with Crippen LogP contribution < -0.4 is 9.62 Å². The van der Waals surface area contributed by atoms with Gasteiger partial charge < -0.3 is 10.1 Å². The van der Waals surface area contributed by atoms with Gasteiger partial charge in [0.15, 0.2) is 0 Å². The highest BCUT2D eigenvalue weighted by Crippen LogP contribution is 2.30. The van der Waals surface area contributed by atoms with Crippen LogP contribution in [-0.2, 0) is 19.6 Å². The number of nitrogens with one attached hydrogen (secondary N) is 1. The number of hydrogen-bond donors (Lipinski definition) is 1. The summed E-state index contributed by atoms with van der Waals surface area (Å²) in [4.78, 5) is 24.9. The molecule has 1 heterocycles. The Hall–Kier alpha value is -3.17. The number of ether oxygens (including phenoxy) is 1. The zero-order valence-electron chi connectivity index (χ0n) is 19.1. The van der Waals surface area contributed by atoms with Gasteiger partial charge in [0.2, 0.25) is 5.91 Å². The largest absolute Gasteiger partial charge is 0.465 e. The molecule has 0 aliphatic rings. The van der Waals surface area contributed by atoms with Crippen molar-refractivity contribution in [1.82, 2.24) is 0 Å². The maximum absolute atomic E-state index is 13.7. The van der Waals surface area contributed by atoms with Crippen molar-refractivity contribution in [3.8, 4) is 0 Å². The number of methoxy groups -OCH3 is 1. The van der Waals surface area contributed by atoms with Crippen molar-refractivity contribution in [3.05, 3.63) is 75.0 Å². The van der Waals surface area contributed by atoms with Gasteiger partial charge in [0, 0.05) is 5.69 Å². The molecule has 0 fully saturated rings. The maximum atomic E-state index is 13.7. The molecule has 2 aromatic carbocycles. The van der Waals surface area contributed by atoms with Gasteiger partial charge in [-0.25, -0.2) is 13.2 Å². The second kappa shape index (κ2) is 9.76. The molecule has 3 rings (SSSR count). The van der Waals surface area contributed by atoms with Gasteiger partial charge in [0.1, 0.15) is 16.3 Å². The fraction of sp³-hybridized carbons (Fsp3) is 0.250. The molecular weight excluding hydrogens is 460 g/mol. The number of esters is 1. The monoisotopic (exact) mass is 486 g/mol. The fourth-order valence-electron chi connectivity index (χ4n) is 3.43. The second-order valence-electron chi connectivity index (χ2n) is 7.81. The Balaban J connectivity index is 2.03. The predicted molar refractivity (Wildman–Crippen MR) is 131 cm³/mol. The number of anilines is 2. The van der Waals surface area contributed by atoms with Gasteiger partial charge in [-0.2, -0.15) is 0 Å². The number of aryl methyl sites for hydroxylation is 4. The molecule has 7 nitrogen and oxygen atoms in total. The highest BCUT2D eigenvalue weighted by molar-refractivity contribution is 7.93. The minimum absolute atomic E-state index is 0.0407. The molecule has 0 spiro atoms. The van der Waals surface area contributed by atoms with Crippen LogP contribution in [0.2, 0.25) is 0 Å². The Morgan fingerprint density at radius 2 is 1.64 bits per heavy atom. The smallest absolute Gasteiger partial charge is 0.349 e. The maximum Gasteiger partial charge on any atom is 0.349 e. The molecule has 1 aromatic heterocycles. The average Bonchev–Trinajstić information content (AvgIpc) is 3.23. The third-order valence-corrected chi connectivity index (χ3v) is 7.98. The van der Waals surface area contributed by atoms with Gasteiger partial charge >= 0.3 is 5.97 Å². The molecule has 0 aliphatic carbocycles. The van der Waals surface area contributed by atoms with Crippen LogP contribution in [0, 0.1) is 27.7 Å². The van der Waals surface area contributed by atoms with Gasteiger partial charge in [0.05, 0.1) is 12.8 Å². The first-order valence-electron chi connectivity index (χ1n) is 10.2. The summed E-state index contributed by atoms with van der Waals surface area (Å²) in [7, 11) is -3.06. The van der Waals surface area contributed by atoms with E-state index in [0.717, 1.165) is 37.9 Å². The number of hydrogen-bond acceptors (Lipinski definition) is 6. The summed E-state index contributed by atoms with van der Waals surface area (Å²) < 4.78 is 33.1. The van der Waals surface area contributed by atoms with E-state index in [-0.39, 0.29) is 9.77 Å². The normalized spacial score (nSPS) is 11.2. The summed E-state index contributed by atoms with van der Waals surface area (Å²) in [6, 6.07) is 12.1. The summed E-state index contributed by atoms with van der Waals surface area (Å²) in [5.74, 6) is -1.25. The van der Waals surface area contributed by atoms with Crippen molar-refractivity contribution in [2.75, 3.05) is 23.3 Å². The fourth-order valence-corrected chi connectivity index (χ4v) is 6.16. The second-order valence-corrected chi connectivity index (χ2v) is 10.6. The van der Waals surface area contributed by atoms with E-state index in [4.69, 9.17) is 4.74 Å². The number of carbonyl (C=O) groups excluding carboxylic acids is 2. The van der Waals surface area contributed by atoms with Crippen LogP contribution in [-0.4, -0.2) is 33.9 Å². The predicted octanol–water partition coefficient (Wildman–Crippen LogP) is 4.60. The van der Waals surface area contributed by atoms with Crippen LogP contribution in [0.4, 0.5) is 11.4 Å². The van der Waals surface area contributed by atoms with Crippen molar-refractivity contribution in [1.29, 1.82) is 0 Å². The Kier molecular flexibility index (Phi) is 7.24. The summed E-state index contributed by atoms with van der Waals surface area (Å²) in [5.41, 5.74) is 4.73. The summed E-state index contributed by atoms with van der Waals surface area (Å²) >= 11 is 0.971. The van der Waals surface area contributed by atoms with Gasteiger partial charge in [0.25, 0.3) is 10.0 Å². The van der Waals surface area contributed by atoms with E-state index in [9.17, 15) is 18.0 Å². The first-order chi connectivity index (χ1) is 15.5. The van der Waals surface area contributed by atoms with Crippen LogP contribution in [0.25, 0.3) is 0 Å². The van der Waals surface area contributed by atoms with E-state index < -0.39 is 28.4 Å². The van der Waals surface area contributed by atoms with Crippen LogP contribution in [0.3, 0.4) is 0 Å². The van der Waals surface area contributed by atoms with Gasteiger partial charge in [-0.05, 0) is 85.7 Å². The summed E-state index contributed by atoms with van der Waals surface area (Å²) in [6.45, 7) is 7.15. The van der Waals surface area contributed by atoms with E-state index in [1.54, 1.807) is 18.2 Å². The van der Waals surface area contributed by atoms with E-state index in [1.807, 2.05) is 45.9 Å². The number of benzene rings is 2. The Labute approximate surface area is 198 Å². The molecular formula is C24H26N2O5S2. The minimum atomic E-state index is -4.25. The Morgan fingerprint density at radius 3 is 2.24 bits per heavy atom. The van der Waals surface area contributed by atoms with E-state index in [2.05, 4.69) is 5.32 Å².